The number of hydrogen-bond donors (Lipinski definition) is 3. The van der Waals surface area contributed by atoms with E-state index in [1.807, 2.05) is 25.1 Å². The van der Waals surface area contributed by atoms with Gasteiger partial charge < -0.3 is 20.9 Å². The number of carbonyl (C=O) groups is 1. The first kappa shape index (κ1) is 28.4. The highest BCUT2D eigenvalue weighted by Gasteiger charge is 2.33. The number of nitrogens with zero attached hydrogens (tertiary/aromatic N) is 5. The summed E-state index contributed by atoms with van der Waals surface area (Å²) in [5.41, 5.74) is 1.25. The van der Waals surface area contributed by atoms with Crippen LogP contribution in [0.4, 0.5) is 35.2 Å². The number of carbonyl (C=O) groups excluding carboxylic acids is 1. The van der Waals surface area contributed by atoms with Gasteiger partial charge in [-0.1, -0.05) is 6.07 Å². The van der Waals surface area contributed by atoms with Gasteiger partial charge in [0.15, 0.2) is 5.82 Å². The Morgan fingerprint density at radius 2 is 1.84 bits per heavy atom. The van der Waals surface area contributed by atoms with E-state index in [1.54, 1.807) is 42.2 Å². The number of hydrogen-bond acceptors (Lipinski definition) is 6. The van der Waals surface area contributed by atoms with E-state index in [9.17, 15) is 18.0 Å². The van der Waals surface area contributed by atoms with Crippen molar-refractivity contribution in [1.29, 1.82) is 5.26 Å². The molecule has 1 aromatic heterocycles. The predicted octanol–water partition coefficient (Wildman–Crippen LogP) is 4.97. The van der Waals surface area contributed by atoms with E-state index in [0.29, 0.717) is 42.4 Å². The van der Waals surface area contributed by atoms with Crippen LogP contribution in [0, 0.1) is 11.3 Å². The number of rotatable bonds is 10. The Balaban J connectivity index is 1.71. The Labute approximate surface area is 219 Å². The number of benzene rings is 2. The first-order chi connectivity index (χ1) is 18.1. The molecule has 0 saturated carbocycles. The maximum absolute atomic E-state index is 13.6. The van der Waals surface area contributed by atoms with E-state index < -0.39 is 17.8 Å². The molecule has 0 radical (unpaired) electrons. The summed E-state index contributed by atoms with van der Waals surface area (Å²) in [6.45, 7) is 1.13. The van der Waals surface area contributed by atoms with Crippen LogP contribution in [0.2, 0.25) is 0 Å². The summed E-state index contributed by atoms with van der Waals surface area (Å²) in [5, 5.41) is 16.9. The number of amides is 2. The molecule has 1 heterocycles. The Morgan fingerprint density at radius 1 is 1.16 bits per heavy atom. The zero-order valence-corrected chi connectivity index (χ0v) is 21.3. The summed E-state index contributed by atoms with van der Waals surface area (Å²) in [5.74, 6) is 0.491. The van der Waals surface area contributed by atoms with Gasteiger partial charge >= 0.3 is 12.2 Å². The summed E-state index contributed by atoms with van der Waals surface area (Å²) in [6.07, 6.45) is -0.972. The Kier molecular flexibility index (Phi) is 9.59. The fourth-order valence-corrected chi connectivity index (χ4v) is 3.81. The van der Waals surface area contributed by atoms with Crippen LogP contribution in [0.5, 0.6) is 0 Å². The smallest absolute Gasteiger partial charge is 0.314 e. The SMILES string of the molecule is CNCc1ncn(-c2ccc(NC(=O)Nc3ccc(CCCN(C)C)c(C(F)(F)F)c3)cc2)c1/N=C\C#N. The van der Waals surface area contributed by atoms with Gasteiger partial charge in [0, 0.05) is 23.6 Å². The molecule has 200 valence electrons. The van der Waals surface area contributed by atoms with Crippen LogP contribution in [0.1, 0.15) is 23.2 Å². The van der Waals surface area contributed by atoms with Crippen molar-refractivity contribution in [3.8, 4) is 11.8 Å². The van der Waals surface area contributed by atoms with Gasteiger partial charge in [-0.05, 0) is 82.5 Å². The second-order valence-electron chi connectivity index (χ2n) is 8.71. The Bertz CT molecular complexity index is 1310. The topological polar surface area (TPSA) is 110 Å². The minimum absolute atomic E-state index is 0.0401. The molecule has 12 heteroatoms. The molecule has 9 nitrogen and oxygen atoms in total. The lowest BCUT2D eigenvalue weighted by Gasteiger charge is -2.16. The molecular formula is C26H29F3N8O. The summed E-state index contributed by atoms with van der Waals surface area (Å²) < 4.78 is 42.6. The average molecular weight is 527 g/mol. The van der Waals surface area contributed by atoms with Crippen LogP contribution in [0.25, 0.3) is 5.69 Å². The number of halogens is 3. The van der Waals surface area contributed by atoms with Gasteiger partial charge in [-0.25, -0.2) is 14.8 Å². The molecule has 0 spiro atoms. The molecule has 0 saturated heterocycles. The fraction of sp³-hybridized carbons (Fsp3) is 0.308. The molecule has 0 bridgehead atoms. The predicted molar refractivity (Wildman–Crippen MR) is 141 cm³/mol. The number of aliphatic imine (C=N–C) groups is 1. The van der Waals surface area contributed by atoms with Gasteiger partial charge in [0.1, 0.15) is 18.6 Å². The third-order valence-electron chi connectivity index (χ3n) is 5.53. The van der Waals surface area contributed by atoms with Gasteiger partial charge in [0.25, 0.3) is 0 Å². The van der Waals surface area contributed by atoms with Crippen LogP contribution in [-0.2, 0) is 19.1 Å². The molecule has 0 fully saturated rings. The molecule has 0 aliphatic carbocycles. The van der Waals surface area contributed by atoms with Crippen molar-refractivity contribution < 1.29 is 18.0 Å². The zero-order chi connectivity index (χ0) is 27.7. The van der Waals surface area contributed by atoms with Crippen molar-refractivity contribution in [2.45, 2.75) is 25.6 Å². The van der Waals surface area contributed by atoms with Crippen LogP contribution in [0.15, 0.2) is 53.8 Å². The summed E-state index contributed by atoms with van der Waals surface area (Å²) in [6, 6.07) is 11.7. The van der Waals surface area contributed by atoms with E-state index in [2.05, 4.69) is 25.9 Å². The number of anilines is 2. The van der Waals surface area contributed by atoms with E-state index >= 15 is 0 Å². The van der Waals surface area contributed by atoms with E-state index in [-0.39, 0.29) is 17.7 Å². The normalized spacial score (nSPS) is 11.6. The quantitative estimate of drug-likeness (QED) is 0.323. The van der Waals surface area contributed by atoms with Gasteiger partial charge in [-0.3, -0.25) is 4.57 Å². The van der Waals surface area contributed by atoms with Crippen molar-refractivity contribution >= 4 is 29.4 Å². The molecule has 2 aromatic carbocycles. The zero-order valence-electron chi connectivity index (χ0n) is 21.3. The second kappa shape index (κ2) is 12.8. The number of aryl methyl sites for hydroxylation is 1. The molecule has 0 aliphatic rings. The monoisotopic (exact) mass is 526 g/mol. The summed E-state index contributed by atoms with van der Waals surface area (Å²) in [4.78, 5) is 22.9. The van der Waals surface area contributed by atoms with Gasteiger partial charge in [-0.15, -0.1) is 0 Å². The average Bonchev–Trinajstić information content (AvgIpc) is 3.25. The van der Waals surface area contributed by atoms with Crippen LogP contribution < -0.4 is 16.0 Å². The molecule has 0 aliphatic heterocycles. The first-order valence-corrected chi connectivity index (χ1v) is 11.8. The molecule has 3 aromatic rings. The fourth-order valence-electron chi connectivity index (χ4n) is 3.81. The maximum atomic E-state index is 13.6. The lowest BCUT2D eigenvalue weighted by Crippen LogP contribution is -2.20. The third kappa shape index (κ3) is 7.64. The maximum Gasteiger partial charge on any atom is 0.416 e. The van der Waals surface area contributed by atoms with Crippen LogP contribution in [0.3, 0.4) is 0 Å². The summed E-state index contributed by atoms with van der Waals surface area (Å²) >= 11 is 0. The molecule has 0 atom stereocenters. The van der Waals surface area contributed by atoms with E-state index in [0.717, 1.165) is 12.3 Å². The number of imidazole rings is 1. The van der Waals surface area contributed by atoms with Crippen molar-refractivity contribution in [3.63, 3.8) is 0 Å². The van der Waals surface area contributed by atoms with Crippen molar-refractivity contribution in [2.24, 2.45) is 4.99 Å². The largest absolute Gasteiger partial charge is 0.416 e. The van der Waals surface area contributed by atoms with Gasteiger partial charge in [0.05, 0.1) is 11.3 Å². The van der Waals surface area contributed by atoms with E-state index in [1.165, 1.54) is 12.1 Å². The van der Waals surface area contributed by atoms with Crippen molar-refractivity contribution in [2.75, 3.05) is 38.3 Å². The van der Waals surface area contributed by atoms with Gasteiger partial charge in [-0.2, -0.15) is 18.4 Å². The van der Waals surface area contributed by atoms with Crippen molar-refractivity contribution in [3.05, 3.63) is 65.6 Å². The third-order valence-corrected chi connectivity index (χ3v) is 5.53. The Morgan fingerprint density at radius 3 is 2.47 bits per heavy atom. The molecule has 3 rings (SSSR count). The lowest BCUT2D eigenvalue weighted by molar-refractivity contribution is -0.138. The van der Waals surface area contributed by atoms with Crippen molar-refractivity contribution in [1.82, 2.24) is 19.8 Å². The minimum Gasteiger partial charge on any atom is -0.314 e. The Hall–Kier alpha value is -4.21. The molecule has 3 N–H and O–H groups in total. The van der Waals surface area contributed by atoms with Crippen LogP contribution >= 0.6 is 0 Å². The van der Waals surface area contributed by atoms with Crippen LogP contribution in [-0.4, -0.2) is 54.4 Å². The standard InChI is InChI=1S/C26H29F3N8O/c1-31-16-23-24(32-13-12-30)37(17-33-23)21-10-8-19(9-11-21)34-25(38)35-20-7-6-18(5-4-14-36(2)3)22(15-20)26(27,28)29/h6-11,13,15,17,31H,4-5,14,16H2,1-3H3,(H2,34,35,38)/b32-13-. The second-order valence-corrected chi connectivity index (χ2v) is 8.71. The highest BCUT2D eigenvalue weighted by molar-refractivity contribution is 5.99. The molecule has 0 unspecified atom stereocenters. The molecule has 2 amide bonds. The number of aromatic nitrogens is 2. The molecular weight excluding hydrogens is 497 g/mol. The molecule has 38 heavy (non-hydrogen) atoms. The summed E-state index contributed by atoms with van der Waals surface area (Å²) in [7, 11) is 5.50. The minimum atomic E-state index is -4.53. The first-order valence-electron chi connectivity index (χ1n) is 11.8. The highest BCUT2D eigenvalue weighted by Crippen LogP contribution is 2.34. The number of urea groups is 1. The number of nitrogens with one attached hydrogen (secondary N) is 3. The van der Waals surface area contributed by atoms with E-state index in [4.69, 9.17) is 5.26 Å². The number of alkyl halides is 3. The highest BCUT2D eigenvalue weighted by atomic mass is 19.4. The lowest BCUT2D eigenvalue weighted by atomic mass is 10.0. The van der Waals surface area contributed by atoms with Gasteiger partial charge in [0.2, 0.25) is 0 Å². The number of nitriles is 1.